The Balaban J connectivity index is 0.00000196. The monoisotopic (exact) mass is 229 g/mol. The predicted octanol–water partition coefficient (Wildman–Crippen LogP) is 1.70. The van der Waals surface area contributed by atoms with Gasteiger partial charge >= 0.3 is 5.97 Å². The van der Waals surface area contributed by atoms with Gasteiger partial charge in [0.05, 0.1) is 0 Å². The third-order valence-electron chi connectivity index (χ3n) is 1.89. The van der Waals surface area contributed by atoms with Crippen LogP contribution in [0.2, 0.25) is 0 Å². The van der Waals surface area contributed by atoms with Gasteiger partial charge in [-0.2, -0.15) is 0 Å². The summed E-state index contributed by atoms with van der Waals surface area (Å²) in [5.41, 5.74) is 6.07. The van der Waals surface area contributed by atoms with Crippen molar-refractivity contribution in [2.75, 3.05) is 0 Å². The number of carbonyl (C=O) groups is 1. The minimum atomic E-state index is -1.18. The number of aromatic carboxylic acids is 1. The Kier molecular flexibility index (Phi) is 4.84. The van der Waals surface area contributed by atoms with Crippen LogP contribution in [-0.4, -0.2) is 16.2 Å². The smallest absolute Gasteiger partial charge is 0.339 e. The first-order chi connectivity index (χ1) is 6.56. The minimum absolute atomic E-state index is 0. The van der Waals surface area contributed by atoms with E-state index < -0.39 is 12.0 Å². The van der Waals surface area contributed by atoms with Crippen LogP contribution >= 0.6 is 12.4 Å². The van der Waals surface area contributed by atoms with Crippen LogP contribution in [0, 0.1) is 0 Å². The first-order valence-electron chi connectivity index (χ1n) is 4.00. The van der Waals surface area contributed by atoms with E-state index in [4.69, 9.17) is 10.8 Å². The van der Waals surface area contributed by atoms with Crippen molar-refractivity contribution in [2.24, 2.45) is 5.73 Å². The van der Waals surface area contributed by atoms with Gasteiger partial charge in [-0.25, -0.2) is 4.79 Å². The SMILES string of the molecule is C=C[C@@H](N)c1ccc(O)c(C(=O)O)c1.Cl. The first-order valence-corrected chi connectivity index (χ1v) is 4.00. The second-order valence-corrected chi connectivity index (χ2v) is 2.84. The van der Waals surface area contributed by atoms with Gasteiger partial charge in [-0.05, 0) is 17.7 Å². The van der Waals surface area contributed by atoms with Crippen molar-refractivity contribution in [1.82, 2.24) is 0 Å². The zero-order valence-corrected chi connectivity index (χ0v) is 8.70. The Morgan fingerprint density at radius 1 is 1.53 bits per heavy atom. The summed E-state index contributed by atoms with van der Waals surface area (Å²) in [5.74, 6) is -1.45. The van der Waals surface area contributed by atoms with Crippen molar-refractivity contribution in [3.63, 3.8) is 0 Å². The van der Waals surface area contributed by atoms with Crippen molar-refractivity contribution in [2.45, 2.75) is 6.04 Å². The van der Waals surface area contributed by atoms with Crippen molar-refractivity contribution in [3.05, 3.63) is 42.0 Å². The van der Waals surface area contributed by atoms with Gasteiger partial charge in [0.2, 0.25) is 0 Å². The van der Waals surface area contributed by atoms with Gasteiger partial charge in [0.25, 0.3) is 0 Å². The van der Waals surface area contributed by atoms with Crippen LogP contribution in [0.4, 0.5) is 0 Å². The molecule has 15 heavy (non-hydrogen) atoms. The quantitative estimate of drug-likeness (QED) is 0.689. The molecule has 0 heterocycles. The lowest BCUT2D eigenvalue weighted by Crippen LogP contribution is -2.08. The summed E-state index contributed by atoms with van der Waals surface area (Å²) in [4.78, 5) is 10.7. The Bertz CT molecular complexity index is 379. The summed E-state index contributed by atoms with van der Waals surface area (Å²) in [6.07, 6.45) is 1.50. The molecule has 4 N–H and O–H groups in total. The number of benzene rings is 1. The molecule has 5 heteroatoms. The van der Waals surface area contributed by atoms with E-state index in [1.165, 1.54) is 18.2 Å². The van der Waals surface area contributed by atoms with Crippen LogP contribution in [0.25, 0.3) is 0 Å². The second-order valence-electron chi connectivity index (χ2n) is 2.84. The molecular formula is C10H12ClNO3. The number of rotatable bonds is 3. The highest BCUT2D eigenvalue weighted by Crippen LogP contribution is 2.21. The summed E-state index contributed by atoms with van der Waals surface area (Å²) in [7, 11) is 0. The Morgan fingerprint density at radius 2 is 2.13 bits per heavy atom. The lowest BCUT2D eigenvalue weighted by Gasteiger charge is -2.08. The molecular weight excluding hydrogens is 218 g/mol. The molecule has 0 aliphatic rings. The lowest BCUT2D eigenvalue weighted by atomic mass is 10.0. The van der Waals surface area contributed by atoms with Crippen molar-refractivity contribution < 1.29 is 15.0 Å². The number of carboxylic acids is 1. The van der Waals surface area contributed by atoms with Crippen LogP contribution < -0.4 is 5.73 Å². The topological polar surface area (TPSA) is 83.5 Å². The number of aromatic hydroxyl groups is 1. The summed E-state index contributed by atoms with van der Waals surface area (Å²) in [6, 6.07) is 3.79. The van der Waals surface area contributed by atoms with Gasteiger partial charge in [-0.1, -0.05) is 12.1 Å². The van der Waals surface area contributed by atoms with E-state index in [1.54, 1.807) is 6.07 Å². The van der Waals surface area contributed by atoms with E-state index in [2.05, 4.69) is 6.58 Å². The number of nitrogens with two attached hydrogens (primary N) is 1. The molecule has 0 fully saturated rings. The summed E-state index contributed by atoms with van der Waals surface area (Å²) < 4.78 is 0. The largest absolute Gasteiger partial charge is 0.507 e. The predicted molar refractivity (Wildman–Crippen MR) is 59.4 cm³/mol. The van der Waals surface area contributed by atoms with Crippen molar-refractivity contribution >= 4 is 18.4 Å². The highest BCUT2D eigenvalue weighted by molar-refractivity contribution is 5.91. The zero-order valence-electron chi connectivity index (χ0n) is 7.88. The summed E-state index contributed by atoms with van der Waals surface area (Å²) >= 11 is 0. The highest BCUT2D eigenvalue weighted by Gasteiger charge is 2.11. The van der Waals surface area contributed by atoms with E-state index in [1.807, 2.05) is 0 Å². The molecule has 0 bridgehead atoms. The number of phenols is 1. The molecule has 1 atom stereocenters. The second kappa shape index (κ2) is 5.38. The molecule has 1 aromatic carbocycles. The van der Waals surface area contributed by atoms with Gasteiger partial charge in [0.1, 0.15) is 11.3 Å². The third kappa shape index (κ3) is 2.97. The molecule has 0 aliphatic heterocycles. The number of halogens is 1. The van der Waals surface area contributed by atoms with E-state index in [0.717, 1.165) is 0 Å². The minimum Gasteiger partial charge on any atom is -0.507 e. The third-order valence-corrected chi connectivity index (χ3v) is 1.89. The summed E-state index contributed by atoms with van der Waals surface area (Å²) in [5, 5.41) is 17.9. The molecule has 0 spiro atoms. The van der Waals surface area contributed by atoms with E-state index in [-0.39, 0.29) is 23.7 Å². The Labute approximate surface area is 93.4 Å². The van der Waals surface area contributed by atoms with Crippen LogP contribution in [0.15, 0.2) is 30.9 Å². The lowest BCUT2D eigenvalue weighted by molar-refractivity contribution is 0.0693. The molecule has 0 unspecified atom stereocenters. The molecule has 0 radical (unpaired) electrons. The molecule has 0 aromatic heterocycles. The molecule has 0 aliphatic carbocycles. The molecule has 0 saturated carbocycles. The molecule has 0 saturated heterocycles. The number of hydrogen-bond donors (Lipinski definition) is 3. The molecule has 4 nitrogen and oxygen atoms in total. The summed E-state index contributed by atoms with van der Waals surface area (Å²) in [6.45, 7) is 3.50. The van der Waals surface area contributed by atoms with Crippen LogP contribution in [0.3, 0.4) is 0 Å². The normalized spacial score (nSPS) is 11.3. The Morgan fingerprint density at radius 3 is 2.60 bits per heavy atom. The fourth-order valence-corrected chi connectivity index (χ4v) is 1.07. The van der Waals surface area contributed by atoms with Gasteiger partial charge in [-0.15, -0.1) is 19.0 Å². The van der Waals surface area contributed by atoms with Crippen LogP contribution in [0.5, 0.6) is 5.75 Å². The number of hydrogen-bond acceptors (Lipinski definition) is 3. The van der Waals surface area contributed by atoms with Crippen LogP contribution in [-0.2, 0) is 0 Å². The molecule has 82 valence electrons. The standard InChI is InChI=1S/C10H11NO3.ClH/c1-2-8(11)6-3-4-9(12)7(5-6)10(13)14;/h2-5,8,12H,1,11H2,(H,13,14);1H/t8-;/m1./s1. The first kappa shape index (κ1) is 13.5. The zero-order chi connectivity index (χ0) is 10.7. The maximum absolute atomic E-state index is 10.7. The van der Waals surface area contributed by atoms with Gasteiger partial charge in [0.15, 0.2) is 0 Å². The fraction of sp³-hybridized carbons (Fsp3) is 0.100. The molecule has 0 amide bonds. The molecule has 1 rings (SSSR count). The van der Waals surface area contributed by atoms with Crippen molar-refractivity contribution in [1.29, 1.82) is 0 Å². The fourth-order valence-electron chi connectivity index (χ4n) is 1.07. The van der Waals surface area contributed by atoms with E-state index in [0.29, 0.717) is 5.56 Å². The average molecular weight is 230 g/mol. The number of carboxylic acid groups (broad SMARTS) is 1. The maximum Gasteiger partial charge on any atom is 0.339 e. The average Bonchev–Trinajstić information content (AvgIpc) is 2.17. The van der Waals surface area contributed by atoms with Crippen molar-refractivity contribution in [3.8, 4) is 5.75 Å². The van der Waals surface area contributed by atoms with E-state index in [9.17, 15) is 9.90 Å². The van der Waals surface area contributed by atoms with Gasteiger partial charge in [0, 0.05) is 6.04 Å². The Hall–Kier alpha value is -1.52. The van der Waals surface area contributed by atoms with E-state index >= 15 is 0 Å². The van der Waals surface area contributed by atoms with Gasteiger partial charge in [-0.3, -0.25) is 0 Å². The molecule has 1 aromatic rings. The van der Waals surface area contributed by atoms with Gasteiger partial charge < -0.3 is 15.9 Å². The van der Waals surface area contributed by atoms with Crippen LogP contribution in [0.1, 0.15) is 22.0 Å². The maximum atomic E-state index is 10.7. The highest BCUT2D eigenvalue weighted by atomic mass is 35.5.